The number of nitrogens with one attached hydrogen (secondary N) is 1. The molecule has 2 aromatic rings. The Morgan fingerprint density at radius 3 is 2.39 bits per heavy atom. The SMILES string of the molecule is CC(=N)n1cccn1.NCCc1ccc(N)cc1. The van der Waals surface area contributed by atoms with Crippen molar-refractivity contribution >= 4 is 11.5 Å². The molecule has 5 nitrogen and oxygen atoms in total. The first kappa shape index (κ1) is 13.9. The molecule has 18 heavy (non-hydrogen) atoms. The Hall–Kier alpha value is -2.14. The van der Waals surface area contributed by atoms with Crippen molar-refractivity contribution in [3.8, 4) is 0 Å². The molecule has 0 fully saturated rings. The van der Waals surface area contributed by atoms with Gasteiger partial charge < -0.3 is 11.5 Å². The highest BCUT2D eigenvalue weighted by Gasteiger charge is 1.88. The molecule has 1 aromatic heterocycles. The smallest absolute Gasteiger partial charge is 0.118 e. The summed E-state index contributed by atoms with van der Waals surface area (Å²) < 4.78 is 1.50. The molecule has 1 aromatic carbocycles. The van der Waals surface area contributed by atoms with Crippen molar-refractivity contribution in [2.45, 2.75) is 13.3 Å². The summed E-state index contributed by atoms with van der Waals surface area (Å²) in [6.07, 6.45) is 4.32. The second kappa shape index (κ2) is 7.24. The lowest BCUT2D eigenvalue weighted by Crippen LogP contribution is -2.04. The van der Waals surface area contributed by atoms with Crippen LogP contribution >= 0.6 is 0 Å². The zero-order chi connectivity index (χ0) is 13.4. The predicted octanol–water partition coefficient (Wildman–Crippen LogP) is 1.50. The summed E-state index contributed by atoms with van der Waals surface area (Å²) in [4.78, 5) is 0. The van der Waals surface area contributed by atoms with E-state index in [-0.39, 0.29) is 0 Å². The minimum absolute atomic E-state index is 0.440. The quantitative estimate of drug-likeness (QED) is 0.425. The van der Waals surface area contributed by atoms with Gasteiger partial charge in [-0.15, -0.1) is 0 Å². The second-order valence-electron chi connectivity index (χ2n) is 3.82. The number of nitrogens with two attached hydrogens (primary N) is 2. The average Bonchev–Trinajstić information content (AvgIpc) is 2.87. The van der Waals surface area contributed by atoms with E-state index in [4.69, 9.17) is 16.9 Å². The lowest BCUT2D eigenvalue weighted by molar-refractivity contribution is 0.918. The summed E-state index contributed by atoms with van der Waals surface area (Å²) in [7, 11) is 0. The molecular weight excluding hydrogens is 226 g/mol. The Morgan fingerprint density at radius 1 is 1.33 bits per heavy atom. The molecule has 0 aliphatic heterocycles. The average molecular weight is 245 g/mol. The minimum Gasteiger partial charge on any atom is -0.399 e. The second-order valence-corrected chi connectivity index (χ2v) is 3.82. The maximum Gasteiger partial charge on any atom is 0.118 e. The monoisotopic (exact) mass is 245 g/mol. The van der Waals surface area contributed by atoms with E-state index in [0.29, 0.717) is 12.4 Å². The molecule has 0 saturated carbocycles. The van der Waals surface area contributed by atoms with Gasteiger partial charge in [-0.1, -0.05) is 12.1 Å². The maximum atomic E-state index is 7.05. The largest absolute Gasteiger partial charge is 0.399 e. The van der Waals surface area contributed by atoms with Crippen molar-refractivity contribution in [3.05, 3.63) is 48.3 Å². The van der Waals surface area contributed by atoms with Crippen LogP contribution in [0.3, 0.4) is 0 Å². The molecule has 0 radical (unpaired) electrons. The molecule has 2 rings (SSSR count). The minimum atomic E-state index is 0.440. The van der Waals surface area contributed by atoms with Crippen LogP contribution in [0.5, 0.6) is 0 Å². The molecule has 5 heteroatoms. The first-order chi connectivity index (χ1) is 8.63. The fourth-order valence-electron chi connectivity index (χ4n) is 1.32. The van der Waals surface area contributed by atoms with E-state index >= 15 is 0 Å². The van der Waals surface area contributed by atoms with Crippen molar-refractivity contribution in [2.75, 3.05) is 12.3 Å². The fraction of sp³-hybridized carbons (Fsp3) is 0.231. The highest BCUT2D eigenvalue weighted by Crippen LogP contribution is 2.04. The van der Waals surface area contributed by atoms with E-state index < -0.39 is 0 Å². The Labute approximate surface area is 107 Å². The number of nitrogen functional groups attached to an aromatic ring is 1. The van der Waals surface area contributed by atoms with Gasteiger partial charge in [-0.3, -0.25) is 5.41 Å². The van der Waals surface area contributed by atoms with Gasteiger partial charge in [0.1, 0.15) is 5.84 Å². The Balaban J connectivity index is 0.000000184. The predicted molar refractivity (Wildman–Crippen MR) is 74.6 cm³/mol. The fourth-order valence-corrected chi connectivity index (χ4v) is 1.32. The summed E-state index contributed by atoms with van der Waals surface area (Å²) in [5, 5.41) is 10.9. The van der Waals surface area contributed by atoms with Crippen LogP contribution in [0.4, 0.5) is 5.69 Å². The van der Waals surface area contributed by atoms with Crippen LogP contribution in [-0.2, 0) is 6.42 Å². The van der Waals surface area contributed by atoms with Gasteiger partial charge >= 0.3 is 0 Å². The molecule has 0 spiro atoms. The highest BCUT2D eigenvalue weighted by atomic mass is 15.3. The van der Waals surface area contributed by atoms with E-state index in [1.807, 2.05) is 24.3 Å². The van der Waals surface area contributed by atoms with Gasteiger partial charge in [0.2, 0.25) is 0 Å². The molecule has 0 saturated heterocycles. The number of hydrogen-bond acceptors (Lipinski definition) is 4. The van der Waals surface area contributed by atoms with Gasteiger partial charge in [0.25, 0.3) is 0 Å². The number of hydrogen-bond donors (Lipinski definition) is 3. The van der Waals surface area contributed by atoms with Gasteiger partial charge in [0, 0.05) is 18.1 Å². The Morgan fingerprint density at radius 2 is 2.00 bits per heavy atom. The third kappa shape index (κ3) is 4.80. The van der Waals surface area contributed by atoms with E-state index in [1.165, 1.54) is 10.2 Å². The van der Waals surface area contributed by atoms with Crippen molar-refractivity contribution in [1.29, 1.82) is 5.41 Å². The summed E-state index contributed by atoms with van der Waals surface area (Å²) in [5.41, 5.74) is 12.9. The van der Waals surface area contributed by atoms with E-state index in [9.17, 15) is 0 Å². The molecule has 1 heterocycles. The molecular formula is C13H19N5. The number of rotatable bonds is 2. The highest BCUT2D eigenvalue weighted by molar-refractivity contribution is 5.77. The topological polar surface area (TPSA) is 93.7 Å². The normalized spacial score (nSPS) is 9.44. The lowest BCUT2D eigenvalue weighted by atomic mass is 10.1. The van der Waals surface area contributed by atoms with Gasteiger partial charge in [-0.2, -0.15) is 5.10 Å². The molecule has 5 N–H and O–H groups in total. The number of benzene rings is 1. The van der Waals surface area contributed by atoms with Crippen LogP contribution in [0, 0.1) is 5.41 Å². The number of nitrogens with zero attached hydrogens (tertiary/aromatic N) is 2. The zero-order valence-corrected chi connectivity index (χ0v) is 10.5. The van der Waals surface area contributed by atoms with Crippen LogP contribution in [0.25, 0.3) is 0 Å². The van der Waals surface area contributed by atoms with E-state index in [0.717, 1.165) is 12.1 Å². The zero-order valence-electron chi connectivity index (χ0n) is 10.5. The molecule has 0 atom stereocenters. The maximum absolute atomic E-state index is 7.05. The van der Waals surface area contributed by atoms with Crippen LogP contribution in [0.2, 0.25) is 0 Å². The molecule has 96 valence electrons. The van der Waals surface area contributed by atoms with Crippen LogP contribution in [0.1, 0.15) is 12.5 Å². The molecule has 0 amide bonds. The first-order valence-corrected chi connectivity index (χ1v) is 5.73. The number of anilines is 1. The first-order valence-electron chi connectivity index (χ1n) is 5.73. The van der Waals surface area contributed by atoms with Crippen LogP contribution in [-0.4, -0.2) is 22.2 Å². The molecule has 0 unspecified atom stereocenters. The van der Waals surface area contributed by atoms with Gasteiger partial charge in [-0.05, 0) is 43.7 Å². The molecule has 0 aliphatic carbocycles. The van der Waals surface area contributed by atoms with Crippen molar-refractivity contribution in [2.24, 2.45) is 5.73 Å². The Bertz CT molecular complexity index is 459. The Kier molecular flexibility index (Phi) is 5.60. The summed E-state index contributed by atoms with van der Waals surface area (Å²) in [5.74, 6) is 0.440. The third-order valence-corrected chi connectivity index (χ3v) is 2.26. The van der Waals surface area contributed by atoms with Crippen molar-refractivity contribution in [1.82, 2.24) is 9.78 Å². The molecule has 0 bridgehead atoms. The van der Waals surface area contributed by atoms with E-state index in [1.54, 1.807) is 25.4 Å². The van der Waals surface area contributed by atoms with Gasteiger partial charge in [-0.25, -0.2) is 4.68 Å². The van der Waals surface area contributed by atoms with Gasteiger partial charge in [0.15, 0.2) is 0 Å². The summed E-state index contributed by atoms with van der Waals surface area (Å²) in [6.45, 7) is 2.39. The third-order valence-electron chi connectivity index (χ3n) is 2.26. The van der Waals surface area contributed by atoms with Crippen LogP contribution in [0.15, 0.2) is 42.7 Å². The standard InChI is InChI=1S/C8H12N2.C5H7N3/c9-6-5-7-1-3-8(10)4-2-7;1-5(6)8-4-2-3-7-8/h1-4H,5-6,9-10H2;2-4,6H,1H3. The lowest BCUT2D eigenvalue weighted by Gasteiger charge is -1.97. The molecule has 0 aliphatic rings. The summed E-state index contributed by atoms with van der Waals surface area (Å²) >= 11 is 0. The van der Waals surface area contributed by atoms with Crippen LogP contribution < -0.4 is 11.5 Å². The summed E-state index contributed by atoms with van der Waals surface area (Å²) in [6, 6.07) is 9.58. The van der Waals surface area contributed by atoms with Gasteiger partial charge in [0.05, 0.1) is 0 Å². The van der Waals surface area contributed by atoms with Crippen molar-refractivity contribution < 1.29 is 0 Å². The van der Waals surface area contributed by atoms with E-state index in [2.05, 4.69) is 5.10 Å². The number of aromatic nitrogens is 2. The van der Waals surface area contributed by atoms with Crippen molar-refractivity contribution in [3.63, 3.8) is 0 Å².